The highest BCUT2D eigenvalue weighted by Crippen LogP contribution is 2.15. The lowest BCUT2D eigenvalue weighted by Crippen LogP contribution is -2.39. The number of halogens is 1. The number of carboxylic acid groups (broad SMARTS) is 1. The molecular formula is C14H19ClN2O4. The van der Waals surface area contributed by atoms with Crippen LogP contribution in [0.15, 0.2) is 24.3 Å². The van der Waals surface area contributed by atoms with Crippen molar-refractivity contribution in [2.75, 3.05) is 26.7 Å². The summed E-state index contributed by atoms with van der Waals surface area (Å²) in [6.45, 7) is 1.13. The lowest BCUT2D eigenvalue weighted by Gasteiger charge is -2.18. The summed E-state index contributed by atoms with van der Waals surface area (Å²) >= 11 is 5.76. The van der Waals surface area contributed by atoms with Crippen LogP contribution in [0.25, 0.3) is 0 Å². The number of hydrogen-bond acceptors (Lipinski definition) is 3. The highest BCUT2D eigenvalue weighted by atomic mass is 35.5. The zero-order valence-corrected chi connectivity index (χ0v) is 12.6. The van der Waals surface area contributed by atoms with Crippen molar-refractivity contribution in [3.05, 3.63) is 29.3 Å². The largest absolute Gasteiger partial charge is 0.492 e. The molecule has 1 aromatic carbocycles. The van der Waals surface area contributed by atoms with Crippen LogP contribution in [0.2, 0.25) is 5.02 Å². The van der Waals surface area contributed by atoms with Crippen LogP contribution in [0, 0.1) is 0 Å². The summed E-state index contributed by atoms with van der Waals surface area (Å²) < 4.78 is 5.48. The van der Waals surface area contributed by atoms with Gasteiger partial charge in [0.25, 0.3) is 0 Å². The third-order valence-electron chi connectivity index (χ3n) is 2.70. The number of ether oxygens (including phenoxy) is 1. The van der Waals surface area contributed by atoms with Gasteiger partial charge in [-0.25, -0.2) is 4.79 Å². The van der Waals surface area contributed by atoms with Gasteiger partial charge >= 0.3 is 12.0 Å². The predicted molar refractivity (Wildman–Crippen MR) is 79.8 cm³/mol. The Hall–Kier alpha value is -1.95. The molecule has 0 aromatic heterocycles. The maximum Gasteiger partial charge on any atom is 0.317 e. The number of benzene rings is 1. The van der Waals surface area contributed by atoms with Gasteiger partial charge < -0.3 is 20.1 Å². The van der Waals surface area contributed by atoms with Crippen molar-refractivity contribution in [1.82, 2.24) is 10.2 Å². The highest BCUT2D eigenvalue weighted by Gasteiger charge is 2.08. The number of urea groups is 1. The first kappa shape index (κ1) is 17.1. The van der Waals surface area contributed by atoms with Gasteiger partial charge in [0.1, 0.15) is 12.4 Å². The van der Waals surface area contributed by atoms with E-state index in [1.54, 1.807) is 31.3 Å². The summed E-state index contributed by atoms with van der Waals surface area (Å²) in [5, 5.41) is 11.8. The second-order valence-electron chi connectivity index (χ2n) is 4.45. The number of carbonyl (C=O) groups excluding carboxylic acids is 1. The molecule has 0 unspecified atom stereocenters. The Morgan fingerprint density at radius 2 is 2.00 bits per heavy atom. The fourth-order valence-corrected chi connectivity index (χ4v) is 1.63. The number of likely N-dealkylation sites (N-methyl/N-ethyl adjacent to an activating group) is 1. The maximum atomic E-state index is 11.7. The van der Waals surface area contributed by atoms with Gasteiger partial charge in [-0.05, 0) is 30.7 Å². The van der Waals surface area contributed by atoms with E-state index in [2.05, 4.69) is 5.32 Å². The van der Waals surface area contributed by atoms with Gasteiger partial charge in [-0.15, -0.1) is 0 Å². The average Bonchev–Trinajstić information content (AvgIpc) is 2.45. The van der Waals surface area contributed by atoms with E-state index in [4.69, 9.17) is 21.4 Å². The van der Waals surface area contributed by atoms with E-state index in [-0.39, 0.29) is 12.5 Å². The first-order chi connectivity index (χ1) is 9.99. The number of carboxylic acids is 1. The SMILES string of the molecule is CN(CCOc1ccc(Cl)cc1)C(=O)NCCCC(=O)O. The quantitative estimate of drug-likeness (QED) is 0.721. The minimum atomic E-state index is -0.867. The molecule has 0 saturated carbocycles. The molecule has 0 radical (unpaired) electrons. The minimum absolute atomic E-state index is 0.0453. The predicted octanol–water partition coefficient (Wildman–Crippen LogP) is 2.23. The van der Waals surface area contributed by atoms with Crippen LogP contribution in [0.4, 0.5) is 4.79 Å². The lowest BCUT2D eigenvalue weighted by atomic mass is 10.3. The van der Waals surface area contributed by atoms with Crippen molar-refractivity contribution in [1.29, 1.82) is 0 Å². The molecule has 0 atom stereocenters. The molecule has 2 N–H and O–H groups in total. The van der Waals surface area contributed by atoms with Crippen LogP contribution in [0.5, 0.6) is 5.75 Å². The molecule has 1 aromatic rings. The van der Waals surface area contributed by atoms with Gasteiger partial charge in [0.15, 0.2) is 0 Å². The van der Waals surface area contributed by atoms with Crippen molar-refractivity contribution >= 4 is 23.6 Å². The summed E-state index contributed by atoms with van der Waals surface area (Å²) in [7, 11) is 1.65. The topological polar surface area (TPSA) is 78.9 Å². The fourth-order valence-electron chi connectivity index (χ4n) is 1.50. The number of carbonyl (C=O) groups is 2. The van der Waals surface area contributed by atoms with Crippen molar-refractivity contribution in [3.8, 4) is 5.75 Å². The lowest BCUT2D eigenvalue weighted by molar-refractivity contribution is -0.137. The molecule has 7 heteroatoms. The van der Waals surface area contributed by atoms with E-state index in [1.807, 2.05) is 0 Å². The Morgan fingerprint density at radius 1 is 1.33 bits per heavy atom. The van der Waals surface area contributed by atoms with Gasteiger partial charge in [-0.1, -0.05) is 11.6 Å². The molecule has 0 fully saturated rings. The number of aliphatic carboxylic acids is 1. The Morgan fingerprint density at radius 3 is 2.62 bits per heavy atom. The van der Waals surface area contributed by atoms with E-state index in [0.717, 1.165) is 0 Å². The summed E-state index contributed by atoms with van der Waals surface area (Å²) in [5.41, 5.74) is 0. The standard InChI is InChI=1S/C14H19ClN2O4/c1-17(14(20)16-8-2-3-13(18)19)9-10-21-12-6-4-11(15)5-7-12/h4-7H,2-3,8-10H2,1H3,(H,16,20)(H,18,19). The normalized spacial score (nSPS) is 10.0. The number of hydrogen-bond donors (Lipinski definition) is 2. The van der Waals surface area contributed by atoms with E-state index in [1.165, 1.54) is 4.90 Å². The van der Waals surface area contributed by atoms with Crippen molar-refractivity contribution in [2.45, 2.75) is 12.8 Å². The molecule has 0 aliphatic carbocycles. The van der Waals surface area contributed by atoms with Gasteiger partial charge in [-0.3, -0.25) is 4.79 Å². The van der Waals surface area contributed by atoms with Crippen molar-refractivity contribution < 1.29 is 19.4 Å². The van der Waals surface area contributed by atoms with Gasteiger partial charge in [-0.2, -0.15) is 0 Å². The average molecular weight is 315 g/mol. The second-order valence-corrected chi connectivity index (χ2v) is 4.89. The number of amides is 2. The molecular weight excluding hydrogens is 296 g/mol. The zero-order valence-electron chi connectivity index (χ0n) is 11.8. The van der Waals surface area contributed by atoms with Gasteiger partial charge in [0.05, 0.1) is 6.54 Å². The molecule has 0 aliphatic heterocycles. The summed E-state index contributed by atoms with van der Waals surface area (Å²) in [6, 6.07) is 6.73. The number of nitrogens with one attached hydrogen (secondary N) is 1. The Labute approximate surface area is 128 Å². The molecule has 0 aliphatic rings. The minimum Gasteiger partial charge on any atom is -0.492 e. The summed E-state index contributed by atoms with van der Waals surface area (Å²) in [6.07, 6.45) is 0.458. The molecule has 0 spiro atoms. The number of nitrogens with zero attached hydrogens (tertiary/aromatic N) is 1. The molecule has 1 rings (SSSR count). The first-order valence-corrected chi connectivity index (χ1v) is 6.96. The highest BCUT2D eigenvalue weighted by molar-refractivity contribution is 6.30. The van der Waals surface area contributed by atoms with E-state index in [9.17, 15) is 9.59 Å². The smallest absolute Gasteiger partial charge is 0.317 e. The van der Waals surface area contributed by atoms with Gasteiger partial charge in [0, 0.05) is 25.0 Å². The van der Waals surface area contributed by atoms with E-state index >= 15 is 0 Å². The van der Waals surface area contributed by atoms with Crippen molar-refractivity contribution in [2.24, 2.45) is 0 Å². The molecule has 0 heterocycles. The van der Waals surface area contributed by atoms with E-state index in [0.29, 0.717) is 36.9 Å². The Balaban J connectivity index is 2.17. The maximum absolute atomic E-state index is 11.7. The second kappa shape index (κ2) is 9.07. The van der Waals surface area contributed by atoms with Crippen molar-refractivity contribution in [3.63, 3.8) is 0 Å². The van der Waals surface area contributed by atoms with Crippen LogP contribution in [0.3, 0.4) is 0 Å². The summed E-state index contributed by atoms with van der Waals surface area (Å²) in [4.78, 5) is 23.5. The summed E-state index contributed by atoms with van der Waals surface area (Å²) in [5.74, 6) is -0.177. The van der Waals surface area contributed by atoms with Crippen LogP contribution >= 0.6 is 11.6 Å². The molecule has 0 bridgehead atoms. The zero-order chi connectivity index (χ0) is 15.7. The molecule has 21 heavy (non-hydrogen) atoms. The molecule has 116 valence electrons. The molecule has 2 amide bonds. The van der Waals surface area contributed by atoms with E-state index < -0.39 is 5.97 Å². The molecule has 6 nitrogen and oxygen atoms in total. The third-order valence-corrected chi connectivity index (χ3v) is 2.95. The Bertz CT molecular complexity index is 465. The first-order valence-electron chi connectivity index (χ1n) is 6.58. The van der Waals surface area contributed by atoms with Crippen LogP contribution in [-0.2, 0) is 4.79 Å². The molecule has 0 saturated heterocycles. The third kappa shape index (κ3) is 7.41. The monoisotopic (exact) mass is 314 g/mol. The van der Waals surface area contributed by atoms with Crippen LogP contribution in [0.1, 0.15) is 12.8 Å². The fraction of sp³-hybridized carbons (Fsp3) is 0.429. The van der Waals surface area contributed by atoms with Gasteiger partial charge in [0.2, 0.25) is 0 Å². The Kier molecular flexibility index (Phi) is 7.39. The van der Waals surface area contributed by atoms with Crippen LogP contribution < -0.4 is 10.1 Å². The number of rotatable bonds is 8. The van der Waals surface area contributed by atoms with Crippen LogP contribution in [-0.4, -0.2) is 48.8 Å².